The van der Waals surface area contributed by atoms with E-state index in [0.29, 0.717) is 10.7 Å². The Kier molecular flexibility index (Phi) is 6.97. The number of hydrogen-bond donors (Lipinski definition) is 4. The molecule has 5 nitrogen and oxygen atoms in total. The number of anilines is 1. The van der Waals surface area contributed by atoms with Crippen molar-refractivity contribution in [1.29, 1.82) is 0 Å². The maximum atomic E-state index is 11.4. The van der Waals surface area contributed by atoms with Crippen LogP contribution in [0.2, 0.25) is 0 Å². The summed E-state index contributed by atoms with van der Waals surface area (Å²) in [4.78, 5) is 12.8. The van der Waals surface area contributed by atoms with Gasteiger partial charge in [0.2, 0.25) is 0 Å². The Morgan fingerprint density at radius 3 is 2.45 bits per heavy atom. The van der Waals surface area contributed by atoms with Gasteiger partial charge in [-0.25, -0.2) is 0 Å². The van der Waals surface area contributed by atoms with Gasteiger partial charge in [-0.15, -0.1) is 0 Å². The molecule has 0 aliphatic heterocycles. The Morgan fingerprint density at radius 2 is 1.90 bits per heavy atom. The van der Waals surface area contributed by atoms with Crippen molar-refractivity contribution in [1.82, 2.24) is 10.6 Å². The number of nitrogens with one attached hydrogen (secondary N) is 4. The molecule has 1 aromatic rings. The van der Waals surface area contributed by atoms with Crippen molar-refractivity contribution in [2.24, 2.45) is 0 Å². The average Bonchev–Trinajstić information content (AvgIpc) is 2.43. The highest BCUT2D eigenvalue weighted by Gasteiger charge is 2.03. The quantitative estimate of drug-likeness (QED) is 0.436. The molecule has 0 fully saturated rings. The zero-order valence-corrected chi connectivity index (χ0v) is 13.1. The number of rotatable bonds is 6. The van der Waals surface area contributed by atoms with E-state index < -0.39 is 0 Å². The first-order chi connectivity index (χ1) is 9.52. The third kappa shape index (κ3) is 5.99. The zero-order chi connectivity index (χ0) is 15.0. The molecule has 1 rings (SSSR count). The van der Waals surface area contributed by atoms with Crippen molar-refractivity contribution in [2.75, 3.05) is 39.5 Å². The lowest BCUT2D eigenvalue weighted by Gasteiger charge is -2.11. The lowest BCUT2D eigenvalue weighted by molar-refractivity contribution is -0.858. The van der Waals surface area contributed by atoms with E-state index in [1.165, 1.54) is 4.90 Å². The van der Waals surface area contributed by atoms with Gasteiger partial charge in [-0.2, -0.15) is 0 Å². The molecule has 0 unspecified atom stereocenters. The SMILES string of the molecule is CNC(=O)c1ccc(NC(=S)NCCC[NH+](C)C)cc1. The molecular formula is C14H23N4OS+. The van der Waals surface area contributed by atoms with Crippen molar-refractivity contribution < 1.29 is 9.69 Å². The second-order valence-electron chi connectivity index (χ2n) is 4.85. The van der Waals surface area contributed by atoms with Gasteiger partial charge in [-0.3, -0.25) is 4.79 Å². The summed E-state index contributed by atoms with van der Waals surface area (Å²) in [6, 6.07) is 7.20. The van der Waals surface area contributed by atoms with E-state index in [-0.39, 0.29) is 5.91 Å². The van der Waals surface area contributed by atoms with Gasteiger partial charge in [-0.1, -0.05) is 0 Å². The van der Waals surface area contributed by atoms with Crippen LogP contribution < -0.4 is 20.9 Å². The monoisotopic (exact) mass is 295 g/mol. The molecule has 6 heteroatoms. The molecule has 0 bridgehead atoms. The van der Waals surface area contributed by atoms with Gasteiger partial charge in [0.15, 0.2) is 5.11 Å². The second-order valence-corrected chi connectivity index (χ2v) is 5.26. The Bertz CT molecular complexity index is 445. The van der Waals surface area contributed by atoms with Crippen LogP contribution in [-0.4, -0.2) is 45.3 Å². The highest BCUT2D eigenvalue weighted by molar-refractivity contribution is 7.80. The Hall–Kier alpha value is -1.66. The summed E-state index contributed by atoms with van der Waals surface area (Å²) in [5.41, 5.74) is 1.50. The van der Waals surface area contributed by atoms with Crippen LogP contribution in [-0.2, 0) is 0 Å². The van der Waals surface area contributed by atoms with Crippen molar-refractivity contribution in [3.05, 3.63) is 29.8 Å². The standard InChI is InChI=1S/C14H22N4OS/c1-15-13(19)11-5-7-12(8-6-11)17-14(20)16-9-4-10-18(2)3/h5-8H,4,9-10H2,1-3H3,(H,15,19)(H2,16,17,20)/p+1. The predicted molar refractivity (Wildman–Crippen MR) is 86.4 cm³/mol. The number of hydrogen-bond acceptors (Lipinski definition) is 2. The van der Waals surface area contributed by atoms with Gasteiger partial charge in [0.05, 0.1) is 20.6 Å². The molecule has 0 aliphatic rings. The lowest BCUT2D eigenvalue weighted by Crippen LogP contribution is -3.05. The highest BCUT2D eigenvalue weighted by atomic mass is 32.1. The predicted octanol–water partition coefficient (Wildman–Crippen LogP) is -0.133. The first-order valence-electron chi connectivity index (χ1n) is 6.69. The molecule has 20 heavy (non-hydrogen) atoms. The van der Waals surface area contributed by atoms with Gasteiger partial charge in [0.1, 0.15) is 0 Å². The number of thiocarbonyl (C=S) groups is 1. The second kappa shape index (κ2) is 8.50. The molecule has 0 saturated carbocycles. The van der Waals surface area contributed by atoms with Crippen LogP contribution in [0.1, 0.15) is 16.8 Å². The summed E-state index contributed by atoms with van der Waals surface area (Å²) >= 11 is 5.21. The molecule has 0 aliphatic carbocycles. The maximum Gasteiger partial charge on any atom is 0.251 e. The minimum absolute atomic E-state index is 0.0940. The summed E-state index contributed by atoms with van der Waals surface area (Å²) in [5.74, 6) is -0.0940. The number of quaternary nitrogens is 1. The summed E-state index contributed by atoms with van der Waals surface area (Å²) in [5, 5.41) is 9.45. The van der Waals surface area contributed by atoms with Crippen molar-refractivity contribution in [3.63, 3.8) is 0 Å². The van der Waals surface area contributed by atoms with E-state index in [9.17, 15) is 4.79 Å². The minimum atomic E-state index is -0.0940. The third-order valence-corrected chi connectivity index (χ3v) is 3.02. The number of amides is 1. The molecule has 0 aromatic heterocycles. The fourth-order valence-corrected chi connectivity index (χ4v) is 1.89. The number of carbonyl (C=O) groups excluding carboxylic acids is 1. The molecule has 0 atom stereocenters. The van der Waals surface area contributed by atoms with Crippen LogP contribution >= 0.6 is 12.2 Å². The van der Waals surface area contributed by atoms with Crippen LogP contribution in [0.5, 0.6) is 0 Å². The lowest BCUT2D eigenvalue weighted by atomic mass is 10.2. The first-order valence-corrected chi connectivity index (χ1v) is 7.09. The fraction of sp³-hybridized carbons (Fsp3) is 0.429. The average molecular weight is 295 g/mol. The van der Waals surface area contributed by atoms with Gasteiger partial charge in [-0.05, 0) is 36.5 Å². The Balaban J connectivity index is 2.36. The van der Waals surface area contributed by atoms with E-state index in [1.54, 1.807) is 19.2 Å². The molecule has 4 N–H and O–H groups in total. The summed E-state index contributed by atoms with van der Waals surface area (Å²) < 4.78 is 0. The fourth-order valence-electron chi connectivity index (χ4n) is 1.67. The van der Waals surface area contributed by atoms with E-state index in [0.717, 1.165) is 25.2 Å². The van der Waals surface area contributed by atoms with Crippen molar-refractivity contribution in [3.8, 4) is 0 Å². The molecular weight excluding hydrogens is 272 g/mol. The largest absolute Gasteiger partial charge is 0.362 e. The normalized spacial score (nSPS) is 10.2. The molecule has 0 radical (unpaired) electrons. The van der Waals surface area contributed by atoms with Gasteiger partial charge >= 0.3 is 0 Å². The molecule has 1 aromatic carbocycles. The minimum Gasteiger partial charge on any atom is -0.362 e. The molecule has 0 spiro atoms. The molecule has 0 saturated heterocycles. The molecule has 1 amide bonds. The Labute approximate surface area is 125 Å². The van der Waals surface area contributed by atoms with Gasteiger partial charge < -0.3 is 20.9 Å². The van der Waals surface area contributed by atoms with E-state index in [2.05, 4.69) is 30.0 Å². The van der Waals surface area contributed by atoms with Crippen molar-refractivity contribution >= 4 is 28.9 Å². The first kappa shape index (κ1) is 16.4. The van der Waals surface area contributed by atoms with Gasteiger partial charge in [0, 0.05) is 31.3 Å². The van der Waals surface area contributed by atoms with Gasteiger partial charge in [0.25, 0.3) is 5.91 Å². The Morgan fingerprint density at radius 1 is 1.25 bits per heavy atom. The van der Waals surface area contributed by atoms with Crippen LogP contribution in [0.3, 0.4) is 0 Å². The molecule has 0 heterocycles. The van der Waals surface area contributed by atoms with Crippen LogP contribution in [0.4, 0.5) is 5.69 Å². The smallest absolute Gasteiger partial charge is 0.251 e. The maximum absolute atomic E-state index is 11.4. The van der Waals surface area contributed by atoms with Crippen molar-refractivity contribution in [2.45, 2.75) is 6.42 Å². The van der Waals surface area contributed by atoms with Crippen LogP contribution in [0, 0.1) is 0 Å². The van der Waals surface area contributed by atoms with Crippen LogP contribution in [0.15, 0.2) is 24.3 Å². The summed E-state index contributed by atoms with van der Waals surface area (Å²) in [6.45, 7) is 1.96. The highest BCUT2D eigenvalue weighted by Crippen LogP contribution is 2.09. The summed E-state index contributed by atoms with van der Waals surface area (Å²) in [6.07, 6.45) is 1.07. The molecule has 110 valence electrons. The topological polar surface area (TPSA) is 57.6 Å². The summed E-state index contributed by atoms with van der Waals surface area (Å²) in [7, 11) is 5.87. The number of carbonyl (C=O) groups is 1. The van der Waals surface area contributed by atoms with E-state index in [1.807, 2.05) is 12.1 Å². The zero-order valence-electron chi connectivity index (χ0n) is 12.2. The third-order valence-electron chi connectivity index (χ3n) is 2.77. The number of benzene rings is 1. The van der Waals surface area contributed by atoms with Crippen LogP contribution in [0.25, 0.3) is 0 Å². The van der Waals surface area contributed by atoms with E-state index in [4.69, 9.17) is 12.2 Å². The van der Waals surface area contributed by atoms with E-state index >= 15 is 0 Å².